The summed E-state index contributed by atoms with van der Waals surface area (Å²) in [5.74, 6) is -0.202. The van der Waals surface area contributed by atoms with Crippen LogP contribution in [0.1, 0.15) is 28.8 Å². The van der Waals surface area contributed by atoms with Crippen LogP contribution in [-0.2, 0) is 11.3 Å². The molecule has 1 aromatic heterocycles. The van der Waals surface area contributed by atoms with Gasteiger partial charge in [-0.3, -0.25) is 14.4 Å². The number of nitrogens with one attached hydrogen (secondary N) is 2. The monoisotopic (exact) mass is 361 g/mol. The van der Waals surface area contributed by atoms with E-state index in [1.54, 1.807) is 29.2 Å². The molecule has 1 aliphatic rings. The zero-order valence-corrected chi connectivity index (χ0v) is 14.7. The molecule has 0 aliphatic carbocycles. The molecule has 0 bridgehead atoms. The zero-order chi connectivity index (χ0) is 18.8. The lowest BCUT2D eigenvalue weighted by Gasteiger charge is -2.16. The van der Waals surface area contributed by atoms with Crippen molar-refractivity contribution in [1.29, 1.82) is 0 Å². The lowest BCUT2D eigenvalue weighted by Crippen LogP contribution is -2.27. The summed E-state index contributed by atoms with van der Waals surface area (Å²) in [5, 5.41) is 3.70. The third-order valence-corrected chi connectivity index (χ3v) is 4.76. The van der Waals surface area contributed by atoms with Gasteiger partial charge in [0.05, 0.1) is 0 Å². The van der Waals surface area contributed by atoms with E-state index in [4.69, 9.17) is 0 Å². The number of nitrogens with zero attached hydrogens (tertiary/aromatic N) is 1. The van der Waals surface area contributed by atoms with Gasteiger partial charge in [0.2, 0.25) is 5.91 Å². The number of hydrogen-bond donors (Lipinski definition) is 2. The highest BCUT2D eigenvalue weighted by molar-refractivity contribution is 5.99. The van der Waals surface area contributed by atoms with Crippen molar-refractivity contribution in [3.8, 4) is 0 Å². The van der Waals surface area contributed by atoms with Crippen LogP contribution >= 0.6 is 0 Å². The summed E-state index contributed by atoms with van der Waals surface area (Å²) in [6.07, 6.45) is 1.38. The van der Waals surface area contributed by atoms with Gasteiger partial charge in [0.1, 0.15) is 0 Å². The van der Waals surface area contributed by atoms with Crippen molar-refractivity contribution in [3.63, 3.8) is 0 Å². The molecule has 6 nitrogen and oxygen atoms in total. The lowest BCUT2D eigenvalue weighted by molar-refractivity contribution is -0.117. The van der Waals surface area contributed by atoms with Crippen LogP contribution in [0.3, 0.4) is 0 Å². The van der Waals surface area contributed by atoms with Gasteiger partial charge in [-0.05, 0) is 42.1 Å². The predicted molar refractivity (Wildman–Crippen MR) is 104 cm³/mol. The van der Waals surface area contributed by atoms with E-state index in [2.05, 4.69) is 10.3 Å². The second kappa shape index (κ2) is 7.07. The summed E-state index contributed by atoms with van der Waals surface area (Å²) in [6.45, 7) is 0.808. The first kappa shape index (κ1) is 17.0. The highest BCUT2D eigenvalue weighted by atomic mass is 16.2. The molecule has 2 N–H and O–H groups in total. The molecule has 136 valence electrons. The molecule has 0 unspecified atom stereocenters. The molecule has 4 rings (SSSR count). The van der Waals surface area contributed by atoms with Crippen LogP contribution in [0.25, 0.3) is 10.9 Å². The second-order valence-corrected chi connectivity index (χ2v) is 6.59. The summed E-state index contributed by atoms with van der Waals surface area (Å²) in [7, 11) is 0. The van der Waals surface area contributed by atoms with Crippen molar-refractivity contribution in [2.75, 3.05) is 11.4 Å². The average Bonchev–Trinajstić information content (AvgIpc) is 3.12. The van der Waals surface area contributed by atoms with Crippen LogP contribution in [0, 0.1) is 0 Å². The molecule has 27 heavy (non-hydrogen) atoms. The normalized spacial score (nSPS) is 13.9. The van der Waals surface area contributed by atoms with Crippen molar-refractivity contribution >= 4 is 28.4 Å². The topological polar surface area (TPSA) is 82.3 Å². The van der Waals surface area contributed by atoms with Gasteiger partial charge in [0, 0.05) is 41.8 Å². The SMILES string of the molecule is O=C(NCc1cc2ccccc2[nH]c1=O)c1cccc(N2CCCC2=O)c1. The molecule has 2 amide bonds. The number of carbonyl (C=O) groups excluding carboxylic acids is 2. The third-order valence-electron chi connectivity index (χ3n) is 4.76. The Balaban J connectivity index is 1.51. The van der Waals surface area contributed by atoms with Crippen LogP contribution in [0.4, 0.5) is 5.69 Å². The van der Waals surface area contributed by atoms with Gasteiger partial charge in [-0.1, -0.05) is 24.3 Å². The molecule has 2 heterocycles. The maximum Gasteiger partial charge on any atom is 0.253 e. The van der Waals surface area contributed by atoms with Gasteiger partial charge < -0.3 is 15.2 Å². The quantitative estimate of drug-likeness (QED) is 0.749. The minimum Gasteiger partial charge on any atom is -0.348 e. The average molecular weight is 361 g/mol. The number of benzene rings is 2. The van der Waals surface area contributed by atoms with Gasteiger partial charge in [-0.2, -0.15) is 0 Å². The number of hydrogen-bond acceptors (Lipinski definition) is 3. The Labute approximate surface area is 155 Å². The number of rotatable bonds is 4. The molecular formula is C21H19N3O3. The van der Waals surface area contributed by atoms with E-state index in [-0.39, 0.29) is 23.9 Å². The van der Waals surface area contributed by atoms with Gasteiger partial charge >= 0.3 is 0 Å². The highest BCUT2D eigenvalue weighted by Crippen LogP contribution is 2.22. The number of amides is 2. The van der Waals surface area contributed by atoms with E-state index >= 15 is 0 Å². The van der Waals surface area contributed by atoms with E-state index in [9.17, 15) is 14.4 Å². The number of aromatic nitrogens is 1. The standard InChI is InChI=1S/C21H19N3O3/c25-19-9-4-10-24(19)17-7-3-6-15(12-17)20(26)22-13-16-11-14-5-1-2-8-18(14)23-21(16)27/h1-3,5-8,11-12H,4,9-10,13H2,(H,22,26)(H,23,27). The molecule has 6 heteroatoms. The van der Waals surface area contributed by atoms with E-state index in [0.29, 0.717) is 24.1 Å². The Morgan fingerprint density at radius 3 is 2.74 bits per heavy atom. The zero-order valence-electron chi connectivity index (χ0n) is 14.7. The Bertz CT molecular complexity index is 1090. The summed E-state index contributed by atoms with van der Waals surface area (Å²) in [6, 6.07) is 16.3. The predicted octanol–water partition coefficient (Wildman–Crippen LogP) is 2.58. The van der Waals surface area contributed by atoms with Crippen LogP contribution in [-0.4, -0.2) is 23.3 Å². The Hall–Kier alpha value is -3.41. The fourth-order valence-electron chi connectivity index (χ4n) is 3.34. The van der Waals surface area contributed by atoms with Crippen molar-refractivity contribution in [3.05, 3.63) is 76.1 Å². The number of anilines is 1. The fraction of sp³-hybridized carbons (Fsp3) is 0.190. The number of fused-ring (bicyclic) bond motifs is 1. The molecule has 0 atom stereocenters. The number of aromatic amines is 1. The van der Waals surface area contributed by atoms with Crippen molar-refractivity contribution < 1.29 is 9.59 Å². The van der Waals surface area contributed by atoms with Gasteiger partial charge in [0.25, 0.3) is 11.5 Å². The largest absolute Gasteiger partial charge is 0.348 e. The minimum atomic E-state index is -0.281. The summed E-state index contributed by atoms with van der Waals surface area (Å²) >= 11 is 0. The minimum absolute atomic E-state index is 0.0789. The van der Waals surface area contributed by atoms with Crippen molar-refractivity contribution in [2.24, 2.45) is 0 Å². The van der Waals surface area contributed by atoms with Gasteiger partial charge in [-0.25, -0.2) is 0 Å². The second-order valence-electron chi connectivity index (χ2n) is 6.59. The maximum absolute atomic E-state index is 12.5. The molecule has 2 aromatic carbocycles. The Morgan fingerprint density at radius 2 is 1.93 bits per heavy atom. The first-order chi connectivity index (χ1) is 13.1. The fourth-order valence-corrected chi connectivity index (χ4v) is 3.34. The third kappa shape index (κ3) is 3.46. The number of para-hydroxylation sites is 1. The molecule has 0 saturated carbocycles. The highest BCUT2D eigenvalue weighted by Gasteiger charge is 2.22. The van der Waals surface area contributed by atoms with Crippen molar-refractivity contribution in [1.82, 2.24) is 10.3 Å². The van der Waals surface area contributed by atoms with E-state index < -0.39 is 0 Å². The maximum atomic E-state index is 12.5. The Kier molecular flexibility index (Phi) is 4.46. The van der Waals surface area contributed by atoms with Crippen LogP contribution < -0.4 is 15.8 Å². The first-order valence-corrected chi connectivity index (χ1v) is 8.91. The Morgan fingerprint density at radius 1 is 1.07 bits per heavy atom. The smallest absolute Gasteiger partial charge is 0.253 e. The number of H-pyrrole nitrogens is 1. The molecule has 1 fully saturated rings. The van der Waals surface area contributed by atoms with E-state index in [1.807, 2.05) is 30.3 Å². The van der Waals surface area contributed by atoms with Crippen LogP contribution in [0.2, 0.25) is 0 Å². The molecule has 3 aromatic rings. The van der Waals surface area contributed by atoms with Crippen molar-refractivity contribution in [2.45, 2.75) is 19.4 Å². The van der Waals surface area contributed by atoms with Crippen LogP contribution in [0.5, 0.6) is 0 Å². The molecule has 1 aliphatic heterocycles. The lowest BCUT2D eigenvalue weighted by atomic mass is 10.1. The van der Waals surface area contributed by atoms with Gasteiger partial charge in [-0.15, -0.1) is 0 Å². The van der Waals surface area contributed by atoms with Gasteiger partial charge in [0.15, 0.2) is 0 Å². The summed E-state index contributed by atoms with van der Waals surface area (Å²) < 4.78 is 0. The number of carbonyl (C=O) groups is 2. The molecule has 1 saturated heterocycles. The van der Waals surface area contributed by atoms with Crippen LogP contribution in [0.15, 0.2) is 59.4 Å². The molecule has 0 spiro atoms. The summed E-state index contributed by atoms with van der Waals surface area (Å²) in [5.41, 5.74) is 2.23. The molecule has 0 radical (unpaired) electrons. The summed E-state index contributed by atoms with van der Waals surface area (Å²) in [4.78, 5) is 41.1. The first-order valence-electron chi connectivity index (χ1n) is 8.91. The van der Waals surface area contributed by atoms with E-state index in [0.717, 1.165) is 23.0 Å². The number of pyridine rings is 1. The molecular weight excluding hydrogens is 342 g/mol. The van der Waals surface area contributed by atoms with E-state index in [1.165, 1.54) is 0 Å².